The van der Waals surface area contributed by atoms with Crippen molar-refractivity contribution in [3.05, 3.63) is 71.7 Å². The molecular weight excluding hydrogens is 389 g/mol. The normalized spacial score (nSPS) is 18.4. The molecule has 2 aliphatic rings. The second-order valence-electron chi connectivity index (χ2n) is 8.98. The summed E-state index contributed by atoms with van der Waals surface area (Å²) >= 11 is 0. The maximum absolute atomic E-state index is 13.1. The molecule has 0 atom stereocenters. The lowest BCUT2D eigenvalue weighted by Gasteiger charge is -2.33. The Hall–Kier alpha value is -2.66. The fourth-order valence-electron chi connectivity index (χ4n) is 5.06. The fourth-order valence-corrected chi connectivity index (χ4v) is 5.06. The number of nitrogens with zero attached hydrogens (tertiary/aromatic N) is 3. The number of carbonyl (C=O) groups is 1. The Morgan fingerprint density at radius 1 is 0.935 bits per heavy atom. The molecule has 1 aromatic heterocycles. The number of amides is 1. The number of piperidine rings is 1. The van der Waals surface area contributed by atoms with E-state index in [9.17, 15) is 9.18 Å². The Morgan fingerprint density at radius 2 is 1.71 bits per heavy atom. The van der Waals surface area contributed by atoms with Crippen LogP contribution in [-0.2, 0) is 17.8 Å². The number of hydrogen-bond acceptors (Lipinski definition) is 2. The lowest BCUT2D eigenvalue weighted by Crippen LogP contribution is -2.35. The monoisotopic (exact) mass is 419 g/mol. The van der Waals surface area contributed by atoms with Crippen molar-refractivity contribution in [3.63, 3.8) is 0 Å². The van der Waals surface area contributed by atoms with Crippen LogP contribution in [0.4, 0.5) is 4.39 Å². The van der Waals surface area contributed by atoms with Crippen molar-refractivity contribution in [2.75, 3.05) is 26.2 Å². The van der Waals surface area contributed by atoms with Gasteiger partial charge in [-0.1, -0.05) is 24.3 Å². The number of carbonyl (C=O) groups excluding carboxylic acids is 1. The molecule has 2 aliphatic heterocycles. The summed E-state index contributed by atoms with van der Waals surface area (Å²) in [5.74, 6) is 0.113. The zero-order chi connectivity index (χ0) is 21.2. The van der Waals surface area contributed by atoms with Crippen molar-refractivity contribution in [2.24, 2.45) is 0 Å². The van der Waals surface area contributed by atoms with Gasteiger partial charge in [0.2, 0.25) is 5.91 Å². The highest BCUT2D eigenvalue weighted by atomic mass is 19.1. The van der Waals surface area contributed by atoms with Crippen molar-refractivity contribution >= 4 is 16.8 Å². The van der Waals surface area contributed by atoms with Gasteiger partial charge < -0.3 is 14.4 Å². The Labute approximate surface area is 183 Å². The zero-order valence-electron chi connectivity index (χ0n) is 18.0. The van der Waals surface area contributed by atoms with Gasteiger partial charge in [-0.25, -0.2) is 4.39 Å². The molecular formula is C26H30FN3O. The topological polar surface area (TPSA) is 28.5 Å². The quantitative estimate of drug-likeness (QED) is 0.575. The molecule has 0 saturated carbocycles. The van der Waals surface area contributed by atoms with Crippen LogP contribution in [0.1, 0.15) is 42.9 Å². The SMILES string of the molecule is O=C1CCCN1Cc1ccc2ccn(C3CCN(CCc4ccc(F)cc4)CC3)c2c1. The second-order valence-corrected chi connectivity index (χ2v) is 8.98. The Bertz CT molecular complexity index is 1050. The smallest absolute Gasteiger partial charge is 0.222 e. The highest BCUT2D eigenvalue weighted by Gasteiger charge is 2.23. The number of likely N-dealkylation sites (tertiary alicyclic amines) is 2. The standard InChI is InChI=1S/C26H30FN3O/c27-23-7-4-20(5-8-23)9-14-28-15-11-24(12-16-28)30-17-10-22-6-3-21(18-25(22)30)19-29-13-1-2-26(29)31/h3-8,10,17-18,24H,1-2,9,11-16,19H2. The Morgan fingerprint density at radius 3 is 2.45 bits per heavy atom. The van der Waals surface area contributed by atoms with Crippen LogP contribution in [-0.4, -0.2) is 46.5 Å². The predicted octanol–water partition coefficient (Wildman–Crippen LogP) is 4.78. The Balaban J connectivity index is 1.21. The summed E-state index contributed by atoms with van der Waals surface area (Å²) in [6.45, 7) is 4.82. The third kappa shape index (κ3) is 4.52. The average Bonchev–Trinajstić information content (AvgIpc) is 3.40. The second kappa shape index (κ2) is 8.83. The molecule has 0 radical (unpaired) electrons. The fraction of sp³-hybridized carbons (Fsp3) is 0.423. The maximum atomic E-state index is 13.1. The molecule has 0 bridgehead atoms. The molecule has 2 saturated heterocycles. The highest BCUT2D eigenvalue weighted by Crippen LogP contribution is 2.29. The van der Waals surface area contributed by atoms with Gasteiger partial charge in [-0.15, -0.1) is 0 Å². The van der Waals surface area contributed by atoms with E-state index >= 15 is 0 Å². The van der Waals surface area contributed by atoms with Crippen LogP contribution in [0.25, 0.3) is 10.9 Å². The molecule has 1 amide bonds. The molecule has 0 unspecified atom stereocenters. The average molecular weight is 420 g/mol. The van der Waals surface area contributed by atoms with E-state index in [1.165, 1.54) is 22.0 Å². The van der Waals surface area contributed by atoms with E-state index in [0.717, 1.165) is 58.4 Å². The van der Waals surface area contributed by atoms with Gasteiger partial charge in [-0.05, 0) is 66.5 Å². The summed E-state index contributed by atoms with van der Waals surface area (Å²) in [6.07, 6.45) is 7.16. The van der Waals surface area contributed by atoms with Gasteiger partial charge in [0.1, 0.15) is 5.82 Å². The summed E-state index contributed by atoms with van der Waals surface area (Å²) in [5, 5.41) is 1.27. The van der Waals surface area contributed by atoms with E-state index < -0.39 is 0 Å². The molecule has 3 heterocycles. The molecule has 2 aromatic carbocycles. The summed E-state index contributed by atoms with van der Waals surface area (Å²) < 4.78 is 15.5. The van der Waals surface area contributed by atoms with Crippen LogP contribution in [0.15, 0.2) is 54.7 Å². The first-order valence-corrected chi connectivity index (χ1v) is 11.5. The van der Waals surface area contributed by atoms with Crippen LogP contribution in [0.2, 0.25) is 0 Å². The van der Waals surface area contributed by atoms with Gasteiger partial charge in [0.05, 0.1) is 0 Å². The van der Waals surface area contributed by atoms with Crippen molar-refractivity contribution in [1.29, 1.82) is 0 Å². The third-order valence-corrected chi connectivity index (χ3v) is 6.91. The van der Waals surface area contributed by atoms with Crippen LogP contribution in [0.5, 0.6) is 0 Å². The van der Waals surface area contributed by atoms with E-state index in [4.69, 9.17) is 0 Å². The van der Waals surface area contributed by atoms with Crippen molar-refractivity contribution in [1.82, 2.24) is 14.4 Å². The van der Waals surface area contributed by atoms with Gasteiger partial charge >= 0.3 is 0 Å². The highest BCUT2D eigenvalue weighted by molar-refractivity contribution is 5.81. The molecule has 3 aromatic rings. The molecule has 162 valence electrons. The largest absolute Gasteiger partial charge is 0.344 e. The third-order valence-electron chi connectivity index (χ3n) is 6.91. The number of hydrogen-bond donors (Lipinski definition) is 0. The molecule has 0 N–H and O–H groups in total. The first-order valence-electron chi connectivity index (χ1n) is 11.5. The summed E-state index contributed by atoms with van der Waals surface area (Å²) in [6, 6.07) is 16.2. The molecule has 5 heteroatoms. The minimum Gasteiger partial charge on any atom is -0.344 e. The minimum atomic E-state index is -0.168. The molecule has 4 nitrogen and oxygen atoms in total. The molecule has 0 aliphatic carbocycles. The van der Waals surface area contributed by atoms with Gasteiger partial charge in [-0.2, -0.15) is 0 Å². The number of halogens is 1. The van der Waals surface area contributed by atoms with E-state index in [-0.39, 0.29) is 11.7 Å². The number of benzene rings is 2. The molecule has 2 fully saturated rings. The summed E-state index contributed by atoms with van der Waals surface area (Å²) in [5.41, 5.74) is 3.71. The zero-order valence-corrected chi connectivity index (χ0v) is 18.0. The van der Waals surface area contributed by atoms with E-state index in [1.54, 1.807) is 12.1 Å². The molecule has 0 spiro atoms. The van der Waals surface area contributed by atoms with E-state index in [0.29, 0.717) is 12.5 Å². The lowest BCUT2D eigenvalue weighted by molar-refractivity contribution is -0.128. The summed E-state index contributed by atoms with van der Waals surface area (Å²) in [7, 11) is 0. The number of rotatable bonds is 6. The van der Waals surface area contributed by atoms with Gasteiger partial charge in [0, 0.05) is 56.9 Å². The van der Waals surface area contributed by atoms with Crippen LogP contribution in [0.3, 0.4) is 0 Å². The van der Waals surface area contributed by atoms with Crippen LogP contribution >= 0.6 is 0 Å². The Kier molecular flexibility index (Phi) is 5.77. The van der Waals surface area contributed by atoms with E-state index in [2.05, 4.69) is 39.9 Å². The van der Waals surface area contributed by atoms with Gasteiger partial charge in [0.15, 0.2) is 0 Å². The molecule has 31 heavy (non-hydrogen) atoms. The van der Waals surface area contributed by atoms with Crippen LogP contribution in [0, 0.1) is 5.82 Å². The number of aromatic nitrogens is 1. The summed E-state index contributed by atoms with van der Waals surface area (Å²) in [4.78, 5) is 16.5. The maximum Gasteiger partial charge on any atom is 0.222 e. The first kappa shape index (κ1) is 20.3. The van der Waals surface area contributed by atoms with Gasteiger partial charge in [-0.3, -0.25) is 4.79 Å². The predicted molar refractivity (Wildman–Crippen MR) is 121 cm³/mol. The first-order chi connectivity index (χ1) is 15.2. The van der Waals surface area contributed by atoms with E-state index in [1.807, 2.05) is 17.0 Å². The van der Waals surface area contributed by atoms with Crippen LogP contribution < -0.4 is 0 Å². The van der Waals surface area contributed by atoms with Gasteiger partial charge in [0.25, 0.3) is 0 Å². The molecule has 5 rings (SSSR count). The minimum absolute atomic E-state index is 0.168. The van der Waals surface area contributed by atoms with Crippen molar-refractivity contribution < 1.29 is 9.18 Å². The number of fused-ring (bicyclic) bond motifs is 1. The lowest BCUT2D eigenvalue weighted by atomic mass is 10.0. The van der Waals surface area contributed by atoms with Crippen molar-refractivity contribution in [2.45, 2.75) is 44.7 Å². The van der Waals surface area contributed by atoms with Crippen molar-refractivity contribution in [3.8, 4) is 0 Å².